The fraction of sp³-hybridized carbons (Fsp3) is 0.308. The summed E-state index contributed by atoms with van der Waals surface area (Å²) in [4.78, 5) is 2.88. The molecule has 2 heterocycles. The number of thioether (sulfide) groups is 1. The summed E-state index contributed by atoms with van der Waals surface area (Å²) >= 11 is 3.98. The topological polar surface area (TPSA) is 0 Å². The first-order valence-corrected chi connectivity index (χ1v) is 11.7. The van der Waals surface area contributed by atoms with Gasteiger partial charge in [-0.1, -0.05) is 48.1 Å². The van der Waals surface area contributed by atoms with E-state index in [0.29, 0.717) is 5.25 Å². The molecule has 146 valence electrons. The van der Waals surface area contributed by atoms with Crippen LogP contribution < -0.4 is 0 Å². The minimum Gasteiger partial charge on any atom is -0.136 e. The number of fused-ring (bicyclic) bond motifs is 2. The van der Waals surface area contributed by atoms with Crippen LogP contribution in [0.3, 0.4) is 0 Å². The lowest BCUT2D eigenvalue weighted by Gasteiger charge is -2.04. The van der Waals surface area contributed by atoms with Crippen LogP contribution in [0.4, 0.5) is 0 Å². The van der Waals surface area contributed by atoms with Gasteiger partial charge in [0.2, 0.25) is 0 Å². The van der Waals surface area contributed by atoms with Crippen molar-refractivity contribution in [3.63, 3.8) is 0 Å². The smallest absolute Gasteiger partial charge is 0.0352 e. The molecule has 0 saturated carbocycles. The molecule has 0 amide bonds. The lowest BCUT2D eigenvalue weighted by Crippen LogP contribution is -1.97. The number of thiophene rings is 1. The molecule has 2 heteroatoms. The van der Waals surface area contributed by atoms with E-state index in [1.54, 1.807) is 0 Å². The zero-order valence-corrected chi connectivity index (χ0v) is 18.9. The molecule has 0 fully saturated rings. The van der Waals surface area contributed by atoms with Gasteiger partial charge in [0, 0.05) is 19.7 Å². The lowest BCUT2D eigenvalue weighted by atomic mass is 10.0. The minimum atomic E-state index is 0.653. The summed E-state index contributed by atoms with van der Waals surface area (Å²) in [5.41, 5.74) is 5.48. The summed E-state index contributed by atoms with van der Waals surface area (Å²) in [6.07, 6.45) is 15.1. The monoisotopic (exact) mass is 406 g/mol. The van der Waals surface area contributed by atoms with Gasteiger partial charge in [-0.25, -0.2) is 0 Å². The van der Waals surface area contributed by atoms with Gasteiger partial charge in [0.05, 0.1) is 0 Å². The summed E-state index contributed by atoms with van der Waals surface area (Å²) < 4.78 is 1.42. The molecule has 0 radical (unpaired) electrons. The second-order valence-corrected chi connectivity index (χ2v) is 10.0. The van der Waals surface area contributed by atoms with Crippen molar-refractivity contribution in [2.75, 3.05) is 0 Å². The Morgan fingerprint density at radius 1 is 1.21 bits per heavy atom. The molecule has 1 atom stereocenters. The standard InChI is InChI=1S/C26H30S2/c1-6-9-19(5)10-8-11-23-14-21-15-26-22(17-25(21)27-23)16-24(28-26)20(7-2)13-12-18(3)4/h6-10,15-17,23H,1,3,11-14H2,2,4-5H3/b10-8-,19-9-,20-7+/t23-/m0/s1. The van der Waals surface area contributed by atoms with E-state index in [2.05, 4.69) is 70.4 Å². The van der Waals surface area contributed by atoms with Crippen molar-refractivity contribution >= 4 is 38.8 Å². The summed E-state index contributed by atoms with van der Waals surface area (Å²) in [5.74, 6) is 0. The molecular formula is C26H30S2. The maximum absolute atomic E-state index is 4.05. The summed E-state index contributed by atoms with van der Waals surface area (Å²) in [7, 11) is 0. The molecule has 0 spiro atoms. The number of benzene rings is 1. The maximum atomic E-state index is 4.05. The van der Waals surface area contributed by atoms with Crippen LogP contribution in [0, 0.1) is 0 Å². The Bertz CT molecular complexity index is 923. The number of hydrogen-bond acceptors (Lipinski definition) is 2. The van der Waals surface area contributed by atoms with Crippen LogP contribution in [-0.4, -0.2) is 5.25 Å². The molecule has 0 N–H and O–H groups in total. The van der Waals surface area contributed by atoms with Crippen LogP contribution in [0.5, 0.6) is 0 Å². The molecule has 1 aromatic carbocycles. The van der Waals surface area contributed by atoms with E-state index < -0.39 is 0 Å². The van der Waals surface area contributed by atoms with Crippen molar-refractivity contribution in [2.24, 2.45) is 0 Å². The van der Waals surface area contributed by atoms with Crippen molar-refractivity contribution < 1.29 is 0 Å². The van der Waals surface area contributed by atoms with Crippen molar-refractivity contribution in [1.29, 1.82) is 0 Å². The van der Waals surface area contributed by atoms with Gasteiger partial charge < -0.3 is 0 Å². The molecule has 2 aromatic rings. The fourth-order valence-electron chi connectivity index (χ4n) is 3.54. The van der Waals surface area contributed by atoms with Gasteiger partial charge in [-0.15, -0.1) is 29.7 Å². The number of allylic oxidation sites excluding steroid dienone is 8. The molecule has 0 aliphatic carbocycles. The normalized spacial score (nSPS) is 17.5. The first kappa shape index (κ1) is 21.0. The highest BCUT2D eigenvalue weighted by atomic mass is 32.2. The Hall–Kier alpha value is -1.77. The van der Waals surface area contributed by atoms with Crippen LogP contribution in [0.25, 0.3) is 15.7 Å². The van der Waals surface area contributed by atoms with Gasteiger partial charge in [-0.2, -0.15) is 0 Å². The Balaban J connectivity index is 1.72. The highest BCUT2D eigenvalue weighted by Crippen LogP contribution is 2.43. The average molecular weight is 407 g/mol. The van der Waals surface area contributed by atoms with Gasteiger partial charge >= 0.3 is 0 Å². The van der Waals surface area contributed by atoms with Gasteiger partial charge in [0.25, 0.3) is 0 Å². The second-order valence-electron chi connectivity index (χ2n) is 7.61. The van der Waals surface area contributed by atoms with Gasteiger partial charge in [0.1, 0.15) is 0 Å². The molecule has 1 aliphatic heterocycles. The van der Waals surface area contributed by atoms with Crippen molar-refractivity contribution in [2.45, 2.75) is 56.6 Å². The first-order valence-electron chi connectivity index (χ1n) is 9.99. The first-order chi connectivity index (χ1) is 13.5. The van der Waals surface area contributed by atoms with Crippen molar-refractivity contribution in [1.82, 2.24) is 0 Å². The Labute approximate surface area is 178 Å². The largest absolute Gasteiger partial charge is 0.136 e. The second kappa shape index (κ2) is 9.62. The fourth-order valence-corrected chi connectivity index (χ4v) is 6.07. The van der Waals surface area contributed by atoms with Gasteiger partial charge in [-0.05, 0) is 81.2 Å². The van der Waals surface area contributed by atoms with E-state index >= 15 is 0 Å². The molecule has 1 aromatic heterocycles. The summed E-state index contributed by atoms with van der Waals surface area (Å²) in [6, 6.07) is 7.23. The van der Waals surface area contributed by atoms with E-state index in [9.17, 15) is 0 Å². The molecule has 28 heavy (non-hydrogen) atoms. The van der Waals surface area contributed by atoms with Gasteiger partial charge in [-0.3, -0.25) is 0 Å². The van der Waals surface area contributed by atoms with Crippen molar-refractivity contribution in [3.8, 4) is 0 Å². The predicted molar refractivity (Wildman–Crippen MR) is 131 cm³/mol. The molecule has 0 bridgehead atoms. The molecule has 3 rings (SSSR count). The van der Waals surface area contributed by atoms with Crippen LogP contribution in [0.2, 0.25) is 0 Å². The van der Waals surface area contributed by atoms with Crippen LogP contribution in [0.15, 0.2) is 77.8 Å². The third kappa shape index (κ3) is 5.18. The molecule has 0 nitrogen and oxygen atoms in total. The maximum Gasteiger partial charge on any atom is 0.0352 e. The number of rotatable bonds is 8. The van der Waals surface area contributed by atoms with E-state index in [0.717, 1.165) is 19.3 Å². The zero-order chi connectivity index (χ0) is 20.1. The number of hydrogen-bond donors (Lipinski definition) is 0. The SMILES string of the molecule is C=C/C=C(C)\C=C/C[C@H]1Cc2cc3sc(/C(=C/C)CCC(=C)C)cc3cc2S1. The highest BCUT2D eigenvalue weighted by molar-refractivity contribution is 8.00. The quantitative estimate of drug-likeness (QED) is 0.312. The Morgan fingerprint density at radius 2 is 2.04 bits per heavy atom. The summed E-state index contributed by atoms with van der Waals surface area (Å²) in [5, 5.41) is 2.04. The van der Waals surface area contributed by atoms with E-state index in [1.807, 2.05) is 35.3 Å². The van der Waals surface area contributed by atoms with Crippen LogP contribution in [0.1, 0.15) is 50.5 Å². The molecule has 0 saturated heterocycles. The predicted octanol–water partition coefficient (Wildman–Crippen LogP) is 8.76. The van der Waals surface area contributed by atoms with E-state index in [4.69, 9.17) is 0 Å². The third-order valence-corrected chi connectivity index (χ3v) is 7.59. The Morgan fingerprint density at radius 3 is 2.75 bits per heavy atom. The zero-order valence-electron chi connectivity index (χ0n) is 17.3. The third-order valence-electron chi connectivity index (χ3n) is 5.09. The summed E-state index contributed by atoms with van der Waals surface area (Å²) in [6.45, 7) is 14.2. The lowest BCUT2D eigenvalue weighted by molar-refractivity contribution is 0.881. The Kier molecular flexibility index (Phi) is 7.20. The van der Waals surface area contributed by atoms with Crippen LogP contribution >= 0.6 is 23.1 Å². The minimum absolute atomic E-state index is 0.653. The molecule has 0 unspecified atom stereocenters. The highest BCUT2D eigenvalue weighted by Gasteiger charge is 2.22. The molecular weight excluding hydrogens is 376 g/mol. The van der Waals surface area contributed by atoms with Crippen molar-refractivity contribution in [3.05, 3.63) is 83.3 Å². The van der Waals surface area contributed by atoms with E-state index in [1.165, 1.54) is 48.6 Å². The van der Waals surface area contributed by atoms with Crippen LogP contribution in [-0.2, 0) is 6.42 Å². The molecule has 1 aliphatic rings. The van der Waals surface area contributed by atoms with Gasteiger partial charge in [0.15, 0.2) is 0 Å². The van der Waals surface area contributed by atoms with E-state index in [-0.39, 0.29) is 0 Å². The average Bonchev–Trinajstić information content (AvgIpc) is 3.22.